The highest BCUT2D eigenvalue weighted by Crippen LogP contribution is 2.51. The molecule has 10 heteroatoms. The second-order valence-electron chi connectivity index (χ2n) is 10.1. The number of phenols is 4. The first-order valence-corrected chi connectivity index (χ1v) is 12.8. The van der Waals surface area contributed by atoms with Gasteiger partial charge in [0.15, 0.2) is 5.78 Å². The maximum atomic E-state index is 13.8. The summed E-state index contributed by atoms with van der Waals surface area (Å²) in [4.78, 5) is 41.1. The van der Waals surface area contributed by atoms with Gasteiger partial charge in [0.05, 0.1) is 41.1 Å². The molecule has 0 saturated heterocycles. The lowest BCUT2D eigenvalue weighted by molar-refractivity contribution is 0.0971. The van der Waals surface area contributed by atoms with Crippen molar-refractivity contribution in [3.8, 4) is 34.4 Å². The van der Waals surface area contributed by atoms with Gasteiger partial charge in [-0.05, 0) is 42.6 Å². The highest BCUT2D eigenvalue weighted by Gasteiger charge is 2.40. The number of hydrogen-bond donors (Lipinski definition) is 4. The third kappa shape index (κ3) is 3.08. The normalized spacial score (nSPS) is 12.6. The monoisotopic (exact) mass is 560 g/mol. The van der Waals surface area contributed by atoms with Gasteiger partial charge < -0.3 is 25.2 Å². The zero-order valence-corrected chi connectivity index (χ0v) is 22.1. The molecule has 4 N–H and O–H groups in total. The molecule has 0 saturated carbocycles. The Morgan fingerprint density at radius 2 is 1.48 bits per heavy atom. The minimum absolute atomic E-state index is 0.0146. The van der Waals surface area contributed by atoms with Crippen molar-refractivity contribution in [2.75, 3.05) is 7.11 Å². The molecule has 0 bridgehead atoms. The van der Waals surface area contributed by atoms with E-state index in [0.29, 0.717) is 16.5 Å². The van der Waals surface area contributed by atoms with E-state index in [9.17, 15) is 34.8 Å². The van der Waals surface area contributed by atoms with Crippen molar-refractivity contribution in [2.45, 2.75) is 6.92 Å². The number of rotatable bonds is 2. The van der Waals surface area contributed by atoms with Crippen molar-refractivity contribution in [1.82, 2.24) is 9.78 Å². The number of methoxy groups -OCH3 is 1. The predicted molar refractivity (Wildman–Crippen MR) is 154 cm³/mol. The Balaban J connectivity index is 1.63. The van der Waals surface area contributed by atoms with Crippen LogP contribution >= 0.6 is 0 Å². The SMILES string of the molecule is COc1c2c(c(O)c3c1ccc1cc4cnn(-c5ccccc5)c(=O)c4c(O)c13)C(=O)c1cc(O)c(C)c(O)c1C2=O. The fourth-order valence-electron chi connectivity index (χ4n) is 5.85. The number of para-hydroxylation sites is 1. The molecule has 0 amide bonds. The Hall–Kier alpha value is -5.90. The molecule has 6 aromatic rings. The first-order valence-electron chi connectivity index (χ1n) is 12.8. The molecule has 206 valence electrons. The quantitative estimate of drug-likeness (QED) is 0.175. The maximum Gasteiger partial charge on any atom is 0.283 e. The molecule has 0 radical (unpaired) electrons. The molecule has 0 atom stereocenters. The van der Waals surface area contributed by atoms with E-state index in [4.69, 9.17) is 4.74 Å². The van der Waals surface area contributed by atoms with Crippen molar-refractivity contribution in [2.24, 2.45) is 0 Å². The second kappa shape index (κ2) is 8.55. The van der Waals surface area contributed by atoms with Crippen LogP contribution in [0.4, 0.5) is 0 Å². The number of ether oxygens (including phenoxy) is 1. The Kier molecular flexibility index (Phi) is 5.11. The van der Waals surface area contributed by atoms with Crippen LogP contribution in [0.25, 0.3) is 38.0 Å². The molecule has 5 aromatic carbocycles. The van der Waals surface area contributed by atoms with Gasteiger partial charge in [-0.2, -0.15) is 9.78 Å². The smallest absolute Gasteiger partial charge is 0.283 e. The molecule has 10 nitrogen and oxygen atoms in total. The van der Waals surface area contributed by atoms with E-state index in [-0.39, 0.29) is 49.5 Å². The Morgan fingerprint density at radius 1 is 0.738 bits per heavy atom. The van der Waals surface area contributed by atoms with E-state index in [1.54, 1.807) is 48.5 Å². The summed E-state index contributed by atoms with van der Waals surface area (Å²) >= 11 is 0. The van der Waals surface area contributed by atoms with Crippen LogP contribution in [-0.4, -0.2) is 48.9 Å². The van der Waals surface area contributed by atoms with Gasteiger partial charge in [0, 0.05) is 32.7 Å². The van der Waals surface area contributed by atoms with E-state index in [2.05, 4.69) is 5.10 Å². The number of hydrogen-bond acceptors (Lipinski definition) is 9. The first-order chi connectivity index (χ1) is 20.1. The summed E-state index contributed by atoms with van der Waals surface area (Å²) in [5.74, 6) is -3.72. The van der Waals surface area contributed by atoms with Gasteiger partial charge in [0.1, 0.15) is 28.7 Å². The lowest BCUT2D eigenvalue weighted by Crippen LogP contribution is -2.23. The summed E-state index contributed by atoms with van der Waals surface area (Å²) in [5.41, 5.74) is -1.41. The van der Waals surface area contributed by atoms with Gasteiger partial charge in [0.25, 0.3) is 5.56 Å². The predicted octanol–water partition coefficient (Wildman–Crippen LogP) is 4.61. The van der Waals surface area contributed by atoms with Crippen molar-refractivity contribution < 1.29 is 34.8 Å². The van der Waals surface area contributed by atoms with Crippen LogP contribution in [0.1, 0.15) is 37.4 Å². The number of benzene rings is 5. The van der Waals surface area contributed by atoms with Crippen molar-refractivity contribution in [3.63, 3.8) is 0 Å². The molecule has 0 fully saturated rings. The van der Waals surface area contributed by atoms with Crippen LogP contribution in [0.2, 0.25) is 0 Å². The van der Waals surface area contributed by atoms with Gasteiger partial charge in [-0.1, -0.05) is 24.3 Å². The molecule has 0 spiro atoms. The lowest BCUT2D eigenvalue weighted by Gasteiger charge is -2.24. The number of phenolic OH excluding ortho intramolecular Hbond substituents is 4. The van der Waals surface area contributed by atoms with Crippen LogP contribution in [0.3, 0.4) is 0 Å². The summed E-state index contributed by atoms with van der Waals surface area (Å²) in [5, 5.41) is 49.4. The highest BCUT2D eigenvalue weighted by atomic mass is 16.5. The number of ketones is 2. The van der Waals surface area contributed by atoms with Gasteiger partial charge in [-0.3, -0.25) is 14.4 Å². The van der Waals surface area contributed by atoms with E-state index in [1.807, 2.05) is 0 Å². The Labute approximate surface area is 235 Å². The third-order valence-electron chi connectivity index (χ3n) is 7.88. The Morgan fingerprint density at radius 3 is 2.19 bits per heavy atom. The Bertz CT molecular complexity index is 2290. The largest absolute Gasteiger partial charge is 0.508 e. The minimum Gasteiger partial charge on any atom is -0.508 e. The summed E-state index contributed by atoms with van der Waals surface area (Å²) in [6.45, 7) is 1.40. The van der Waals surface area contributed by atoms with Crippen LogP contribution < -0.4 is 10.3 Å². The first kappa shape index (κ1) is 25.1. The summed E-state index contributed by atoms with van der Waals surface area (Å²) in [6.07, 6.45) is 1.44. The van der Waals surface area contributed by atoms with Gasteiger partial charge in [-0.15, -0.1) is 0 Å². The van der Waals surface area contributed by atoms with E-state index in [1.165, 1.54) is 20.2 Å². The van der Waals surface area contributed by atoms with Crippen LogP contribution in [0.15, 0.2) is 65.6 Å². The summed E-state index contributed by atoms with van der Waals surface area (Å²) in [6, 6.07) is 14.5. The summed E-state index contributed by atoms with van der Waals surface area (Å²) < 4.78 is 6.75. The molecule has 42 heavy (non-hydrogen) atoms. The van der Waals surface area contributed by atoms with Crippen LogP contribution in [0, 0.1) is 6.92 Å². The standard InChI is InChI=1S/C32H20N2O8/c1-13-19(35)11-18-23(26(13)36)30(40)25-24(27(18)37)29(39)22-17(31(25)42-2)9-8-14-10-15-12-33-34(16-6-4-3-5-7-16)32(41)21(15)28(38)20(14)22/h3-12,35-36,38-39H,1-2H3. The molecule has 1 aromatic heterocycles. The van der Waals surface area contributed by atoms with Crippen LogP contribution in [0.5, 0.6) is 28.7 Å². The second-order valence-corrected chi connectivity index (χ2v) is 10.1. The van der Waals surface area contributed by atoms with E-state index in [0.717, 1.165) is 10.7 Å². The molecule has 7 rings (SSSR count). The fourth-order valence-corrected chi connectivity index (χ4v) is 5.85. The average Bonchev–Trinajstić information content (AvgIpc) is 2.98. The minimum atomic E-state index is -0.837. The van der Waals surface area contributed by atoms with Crippen molar-refractivity contribution in [1.29, 1.82) is 0 Å². The van der Waals surface area contributed by atoms with E-state index >= 15 is 0 Å². The molecular formula is C32H20N2O8. The average molecular weight is 561 g/mol. The topological polar surface area (TPSA) is 159 Å². The summed E-state index contributed by atoms with van der Waals surface area (Å²) in [7, 11) is 1.29. The fraction of sp³-hybridized carbons (Fsp3) is 0.0625. The molecule has 1 heterocycles. The number of nitrogens with zero attached hydrogens (tertiary/aromatic N) is 2. The number of aromatic hydroxyl groups is 4. The number of aromatic nitrogens is 2. The molecule has 1 aliphatic carbocycles. The number of carbonyl (C=O) groups is 2. The van der Waals surface area contributed by atoms with Crippen molar-refractivity contribution in [3.05, 3.63) is 99.0 Å². The maximum absolute atomic E-state index is 13.8. The zero-order chi connectivity index (χ0) is 29.6. The third-order valence-corrected chi connectivity index (χ3v) is 7.88. The molecule has 0 aliphatic heterocycles. The van der Waals surface area contributed by atoms with Gasteiger partial charge in [-0.25, -0.2) is 0 Å². The highest BCUT2D eigenvalue weighted by molar-refractivity contribution is 6.35. The zero-order valence-electron chi connectivity index (χ0n) is 22.1. The van der Waals surface area contributed by atoms with Crippen LogP contribution in [-0.2, 0) is 0 Å². The van der Waals surface area contributed by atoms with Gasteiger partial charge >= 0.3 is 0 Å². The number of carbonyl (C=O) groups excluding carboxylic acids is 2. The lowest BCUT2D eigenvalue weighted by atomic mass is 9.79. The van der Waals surface area contributed by atoms with Gasteiger partial charge in [0.2, 0.25) is 5.78 Å². The van der Waals surface area contributed by atoms with Crippen molar-refractivity contribution >= 4 is 43.9 Å². The molecule has 0 unspecified atom stereocenters. The van der Waals surface area contributed by atoms with E-state index < -0.39 is 45.7 Å². The molecule has 1 aliphatic rings. The number of fused-ring (bicyclic) bond motifs is 6. The molecular weight excluding hydrogens is 540 g/mol.